The molecule has 4 rings (SSSR count). The molecule has 3 aromatic rings. The SMILES string of the molecule is O=C(Cc1ccc(F)c(S(=O)(=O)N2CCOCC2)c1)c1cnn(-c2ccccc2)c1. The normalized spacial score (nSPS) is 15.2. The predicted molar refractivity (Wildman–Crippen MR) is 108 cm³/mol. The van der Waals surface area contributed by atoms with Crippen molar-refractivity contribution in [2.75, 3.05) is 26.3 Å². The van der Waals surface area contributed by atoms with Crippen molar-refractivity contribution in [2.24, 2.45) is 0 Å². The fraction of sp³-hybridized carbons (Fsp3) is 0.238. The van der Waals surface area contributed by atoms with Gasteiger partial charge in [-0.25, -0.2) is 17.5 Å². The first-order valence-corrected chi connectivity index (χ1v) is 10.9. The Morgan fingerprint density at radius 2 is 1.83 bits per heavy atom. The first-order valence-electron chi connectivity index (χ1n) is 9.45. The van der Waals surface area contributed by atoms with Crippen molar-refractivity contribution in [1.82, 2.24) is 14.1 Å². The van der Waals surface area contributed by atoms with Crippen LogP contribution in [-0.2, 0) is 21.2 Å². The van der Waals surface area contributed by atoms with Crippen LogP contribution in [0.25, 0.3) is 5.69 Å². The second-order valence-corrected chi connectivity index (χ2v) is 8.80. The topological polar surface area (TPSA) is 81.5 Å². The molecule has 1 saturated heterocycles. The average Bonchev–Trinajstić information content (AvgIpc) is 3.27. The minimum Gasteiger partial charge on any atom is -0.379 e. The standard InChI is InChI=1S/C21H20FN3O4S/c22-19-7-6-16(13-21(19)30(27,28)24-8-10-29-11-9-24)12-20(26)17-14-23-25(15-17)18-4-2-1-3-5-18/h1-7,13-15H,8-12H2. The lowest BCUT2D eigenvalue weighted by atomic mass is 10.1. The monoisotopic (exact) mass is 429 g/mol. The van der Waals surface area contributed by atoms with Crippen LogP contribution < -0.4 is 0 Å². The maximum Gasteiger partial charge on any atom is 0.246 e. The zero-order valence-corrected chi connectivity index (χ0v) is 16.9. The maximum atomic E-state index is 14.3. The summed E-state index contributed by atoms with van der Waals surface area (Å²) in [6.45, 7) is 0.877. The van der Waals surface area contributed by atoms with Gasteiger partial charge in [-0.1, -0.05) is 24.3 Å². The number of halogens is 1. The minimum atomic E-state index is -4.00. The summed E-state index contributed by atoms with van der Waals surface area (Å²) < 4.78 is 47.9. The molecule has 1 aliphatic heterocycles. The van der Waals surface area contributed by atoms with Crippen LogP contribution in [0.5, 0.6) is 0 Å². The van der Waals surface area contributed by atoms with Crippen LogP contribution in [0.4, 0.5) is 4.39 Å². The molecule has 7 nitrogen and oxygen atoms in total. The summed E-state index contributed by atoms with van der Waals surface area (Å²) in [5, 5.41) is 4.20. The lowest BCUT2D eigenvalue weighted by Gasteiger charge is -2.26. The van der Waals surface area contributed by atoms with E-state index in [9.17, 15) is 17.6 Å². The Labute approximate surface area is 173 Å². The van der Waals surface area contributed by atoms with E-state index in [2.05, 4.69) is 5.10 Å². The smallest absolute Gasteiger partial charge is 0.246 e. The molecule has 0 radical (unpaired) electrons. The number of morpholine rings is 1. The fourth-order valence-corrected chi connectivity index (χ4v) is 4.78. The van der Waals surface area contributed by atoms with E-state index in [0.717, 1.165) is 11.8 Å². The molecule has 1 aromatic heterocycles. The van der Waals surface area contributed by atoms with Crippen molar-refractivity contribution in [3.8, 4) is 5.69 Å². The third kappa shape index (κ3) is 4.18. The molecule has 0 spiro atoms. The van der Waals surface area contributed by atoms with Crippen LogP contribution in [0.3, 0.4) is 0 Å². The number of sulfonamides is 1. The maximum absolute atomic E-state index is 14.3. The molecule has 0 saturated carbocycles. The minimum absolute atomic E-state index is 0.0631. The number of Topliss-reactive ketones (excluding diaryl/α,β-unsaturated/α-hetero) is 1. The number of carbonyl (C=O) groups excluding carboxylic acids is 1. The number of hydrogen-bond donors (Lipinski definition) is 0. The molecule has 0 atom stereocenters. The molecule has 1 fully saturated rings. The zero-order chi connectivity index (χ0) is 21.1. The summed E-state index contributed by atoms with van der Waals surface area (Å²) >= 11 is 0. The van der Waals surface area contributed by atoms with Crippen molar-refractivity contribution >= 4 is 15.8 Å². The number of nitrogens with zero attached hydrogens (tertiary/aromatic N) is 3. The lowest BCUT2D eigenvalue weighted by molar-refractivity contribution is 0.0729. The Hall–Kier alpha value is -2.88. The van der Waals surface area contributed by atoms with Gasteiger partial charge in [-0.3, -0.25) is 4.79 Å². The van der Waals surface area contributed by atoms with Gasteiger partial charge < -0.3 is 4.74 Å². The highest BCUT2D eigenvalue weighted by Crippen LogP contribution is 2.22. The summed E-state index contributed by atoms with van der Waals surface area (Å²) in [7, 11) is -4.00. The van der Waals surface area contributed by atoms with E-state index in [4.69, 9.17) is 4.74 Å². The van der Waals surface area contributed by atoms with Crippen LogP contribution in [0.2, 0.25) is 0 Å². The van der Waals surface area contributed by atoms with Crippen molar-refractivity contribution in [1.29, 1.82) is 0 Å². The number of benzene rings is 2. The quantitative estimate of drug-likeness (QED) is 0.563. The highest BCUT2D eigenvalue weighted by atomic mass is 32.2. The van der Waals surface area contributed by atoms with Gasteiger partial charge in [0.15, 0.2) is 5.78 Å². The second kappa shape index (κ2) is 8.47. The third-order valence-corrected chi connectivity index (χ3v) is 6.79. The molecular formula is C21H20FN3O4S. The van der Waals surface area contributed by atoms with Crippen molar-refractivity contribution in [2.45, 2.75) is 11.3 Å². The lowest BCUT2D eigenvalue weighted by Crippen LogP contribution is -2.40. The molecule has 2 aromatic carbocycles. The number of ether oxygens (including phenoxy) is 1. The number of ketones is 1. The number of para-hydroxylation sites is 1. The highest BCUT2D eigenvalue weighted by molar-refractivity contribution is 7.89. The molecule has 0 amide bonds. The third-order valence-electron chi connectivity index (χ3n) is 4.87. The van der Waals surface area contributed by atoms with E-state index in [1.54, 1.807) is 10.9 Å². The Kier molecular flexibility index (Phi) is 5.76. The molecule has 9 heteroatoms. The Bertz CT molecular complexity index is 1160. The Morgan fingerprint density at radius 1 is 1.10 bits per heavy atom. The molecule has 2 heterocycles. The summed E-state index contributed by atoms with van der Waals surface area (Å²) in [5.41, 5.74) is 1.62. The summed E-state index contributed by atoms with van der Waals surface area (Å²) in [5.74, 6) is -1.08. The van der Waals surface area contributed by atoms with Gasteiger partial charge in [0.2, 0.25) is 10.0 Å². The predicted octanol–water partition coefficient (Wildman–Crippen LogP) is 2.46. The number of carbonyl (C=O) groups is 1. The van der Waals surface area contributed by atoms with Crippen LogP contribution in [0.15, 0.2) is 65.8 Å². The molecule has 0 bridgehead atoms. The molecule has 1 aliphatic rings. The van der Waals surface area contributed by atoms with Crippen LogP contribution >= 0.6 is 0 Å². The molecule has 0 unspecified atom stereocenters. The van der Waals surface area contributed by atoms with Gasteiger partial charge in [0.05, 0.1) is 30.7 Å². The summed E-state index contributed by atoms with van der Waals surface area (Å²) in [6, 6.07) is 13.1. The van der Waals surface area contributed by atoms with E-state index in [0.29, 0.717) is 11.1 Å². The van der Waals surface area contributed by atoms with E-state index >= 15 is 0 Å². The number of hydrogen-bond acceptors (Lipinski definition) is 5. The molecular weight excluding hydrogens is 409 g/mol. The van der Waals surface area contributed by atoms with E-state index < -0.39 is 20.7 Å². The van der Waals surface area contributed by atoms with Crippen molar-refractivity contribution < 1.29 is 22.3 Å². The first-order chi connectivity index (χ1) is 14.4. The van der Waals surface area contributed by atoms with Gasteiger partial charge in [-0.2, -0.15) is 9.40 Å². The summed E-state index contributed by atoms with van der Waals surface area (Å²) in [6.07, 6.45) is 3.02. The zero-order valence-electron chi connectivity index (χ0n) is 16.1. The van der Waals surface area contributed by atoms with E-state index in [1.165, 1.54) is 22.6 Å². The van der Waals surface area contributed by atoms with Gasteiger partial charge in [-0.15, -0.1) is 0 Å². The number of aromatic nitrogens is 2. The van der Waals surface area contributed by atoms with Crippen LogP contribution in [-0.4, -0.2) is 54.6 Å². The van der Waals surface area contributed by atoms with Gasteiger partial charge >= 0.3 is 0 Å². The van der Waals surface area contributed by atoms with Gasteiger partial charge in [0.1, 0.15) is 10.7 Å². The summed E-state index contributed by atoms with van der Waals surface area (Å²) in [4.78, 5) is 12.3. The van der Waals surface area contributed by atoms with Crippen molar-refractivity contribution in [3.63, 3.8) is 0 Å². The van der Waals surface area contributed by atoms with Crippen molar-refractivity contribution in [3.05, 3.63) is 77.9 Å². The molecule has 0 N–H and O–H groups in total. The van der Waals surface area contributed by atoms with Gasteiger partial charge in [0.25, 0.3) is 0 Å². The average molecular weight is 429 g/mol. The second-order valence-electron chi connectivity index (χ2n) is 6.89. The van der Waals surface area contributed by atoms with Gasteiger partial charge in [-0.05, 0) is 29.8 Å². The largest absolute Gasteiger partial charge is 0.379 e. The van der Waals surface area contributed by atoms with E-state index in [-0.39, 0.29) is 38.5 Å². The Morgan fingerprint density at radius 3 is 2.57 bits per heavy atom. The number of rotatable bonds is 6. The fourth-order valence-electron chi connectivity index (χ4n) is 3.26. The van der Waals surface area contributed by atoms with E-state index in [1.807, 2.05) is 30.3 Å². The Balaban J connectivity index is 1.55. The van der Waals surface area contributed by atoms with Crippen LogP contribution in [0.1, 0.15) is 15.9 Å². The molecule has 156 valence electrons. The molecule has 0 aliphatic carbocycles. The molecule has 30 heavy (non-hydrogen) atoms. The van der Waals surface area contributed by atoms with Gasteiger partial charge in [0, 0.05) is 25.7 Å². The first kappa shape index (κ1) is 20.4. The van der Waals surface area contributed by atoms with Crippen LogP contribution in [0, 0.1) is 5.82 Å². The highest BCUT2D eigenvalue weighted by Gasteiger charge is 2.29.